The molecule has 13 rings (SSSR count). The molecule has 3 fully saturated rings. The number of aromatic nitrogens is 1. The zero-order valence-corrected chi connectivity index (χ0v) is 85.3. The Hall–Kier alpha value is -10.9. The number of pyridine rings is 1. The highest BCUT2D eigenvalue weighted by Crippen LogP contribution is 2.51. The molecule has 820 valence electrons. The van der Waals surface area contributed by atoms with E-state index in [0.717, 1.165) is 92.0 Å². The zero-order valence-electron chi connectivity index (χ0n) is 83.8. The van der Waals surface area contributed by atoms with Crippen LogP contribution in [0.4, 0.5) is 0 Å². The second-order valence-electron chi connectivity index (χ2n) is 39.0. The Kier molecular flexibility index (Phi) is 43.6. The lowest BCUT2D eigenvalue weighted by atomic mass is 9.84. The summed E-state index contributed by atoms with van der Waals surface area (Å²) >= 11 is 14.5. The third-order valence-electron chi connectivity index (χ3n) is 27.2. The van der Waals surface area contributed by atoms with Gasteiger partial charge in [0.05, 0.1) is 79.3 Å². The minimum absolute atomic E-state index is 0.108. The van der Waals surface area contributed by atoms with Crippen molar-refractivity contribution in [2.45, 2.75) is 316 Å². The third kappa shape index (κ3) is 30.8. The summed E-state index contributed by atoms with van der Waals surface area (Å²) in [5.74, 6) is -17.8. The summed E-state index contributed by atoms with van der Waals surface area (Å²) in [4.78, 5) is 133. The van der Waals surface area contributed by atoms with E-state index in [1.165, 1.54) is 83.0 Å². The summed E-state index contributed by atoms with van der Waals surface area (Å²) in [6.07, 6.45) is -16.7. The summed E-state index contributed by atoms with van der Waals surface area (Å²) in [5, 5.41) is 203. The fourth-order valence-corrected chi connectivity index (χ4v) is 19.0. The number of carbonyl (C=O) groups is 9. The molecular weight excluding hydrogens is 1990 g/mol. The average Bonchev–Trinajstić information content (AvgIpc) is 0.767. The van der Waals surface area contributed by atoms with Crippen molar-refractivity contribution in [2.24, 2.45) is 23.3 Å². The zero-order chi connectivity index (χ0) is 109. The second kappa shape index (κ2) is 54.9. The molecule has 1 aromatic heterocycles. The van der Waals surface area contributed by atoms with Gasteiger partial charge >= 0.3 is 0 Å². The van der Waals surface area contributed by atoms with Crippen LogP contribution >= 0.6 is 23.2 Å². The maximum atomic E-state index is 16.3. The lowest BCUT2D eigenvalue weighted by Gasteiger charge is -2.48. The maximum Gasteiger partial charge on any atom is 0.251 e. The number of aliphatic hydroxyl groups is 13. The number of hydrogen-bond donors (Lipinski definition) is 27. The lowest BCUT2D eigenvalue weighted by molar-refractivity contribution is -0.697. The minimum atomic E-state index is -2.53. The Balaban J connectivity index is 0.984. The molecule has 0 saturated carbocycles. The number of phenols is 3. The Bertz CT molecular complexity index is 5550. The smallest absolute Gasteiger partial charge is 0.251 e. The van der Waals surface area contributed by atoms with Crippen LogP contribution in [0.1, 0.15) is 214 Å². The van der Waals surface area contributed by atoms with Crippen LogP contribution in [-0.4, -0.2) is 297 Å². The normalized spacial score (nSPS) is 26.9. The van der Waals surface area contributed by atoms with E-state index in [-0.39, 0.29) is 53.6 Å². The van der Waals surface area contributed by atoms with Gasteiger partial charge < -0.3 is 179 Å². The number of nitrogens with one attached hydrogen (secondary N) is 9. The second-order valence-corrected chi connectivity index (χ2v) is 39.8. The number of aromatic hydroxyl groups is 3. The molecule has 0 aliphatic carbocycles. The molecule has 0 radical (unpaired) electrons. The highest BCUT2D eigenvalue weighted by molar-refractivity contribution is 6.32. The fourth-order valence-electron chi connectivity index (χ4n) is 18.5. The predicted octanol–water partition coefficient (Wildman–Crippen LogP) is 1.38. The number of nitrogens with zero attached hydrogens (tertiary/aromatic N) is 1. The Morgan fingerprint density at radius 1 is 0.624 bits per heavy atom. The summed E-state index contributed by atoms with van der Waals surface area (Å²) in [6.45, 7) is 8.01. The van der Waals surface area contributed by atoms with Crippen LogP contribution in [-0.2, 0) is 79.9 Å². The van der Waals surface area contributed by atoms with Crippen molar-refractivity contribution in [3.8, 4) is 57.1 Å². The molecule has 9 amide bonds. The first kappa shape index (κ1) is 118. The van der Waals surface area contributed by atoms with Gasteiger partial charge in [-0.3, -0.25) is 43.2 Å². The van der Waals surface area contributed by atoms with Crippen LogP contribution in [0.3, 0.4) is 0 Å². The van der Waals surface area contributed by atoms with Crippen LogP contribution in [0.15, 0.2) is 103 Å². The van der Waals surface area contributed by atoms with Crippen LogP contribution in [0.25, 0.3) is 11.1 Å². The number of ether oxygens (including phenoxy) is 8. The highest BCUT2D eigenvalue weighted by atomic mass is 35.5. The van der Waals surface area contributed by atoms with E-state index in [4.69, 9.17) is 72.6 Å². The standard InChI is InChI=1S/C102H140Cl2N12O33/c1-8-9-10-11-12-13-14-15-16-17-18-19-31-116-32-27-52(28-33-116)45-110-102(6)44-76(142-51(5)92(102)134)147-91-82(127)50(4)72(47-118)145-101(91)149-90-70-38-56-39-71(90)144-69-26-23-55(37-61(69)104)83(128)81(115-94(136)62(107-7)34-49(2)3)98(140)111-63(42-74(105)125)95(137)114-79(56)97(139)113-78(93(106)135)54-21-24-64(121)58(35-54)77-59(40-57(120)41-66(77)123)80(112-75(126)43-65(122)53-22-25-68(143-70)60(103)36-53)96(138)108-29-20-30-109-99(141)87(132)86(131)89(67(124)46-117)148-100-88(133)85(130)84(129)73(48-119)146-100/h21-28,32-33,35-41,49-51,62-63,65,67,72-73,76,78-89,91-92,100-101,107,110,117-119,122,124,127-134H,8-20,29-31,34,42-48H2,1-7H3,(H13-,105,106,108,109,111,112,113,114,115,120,121,123,125,126,135,136,137,138,139,140,141)/p+1/t50-,51?,62+,63-,65-,67+,72+,73?,76-,78+,79+,80-,81+,82?,83+,84?,85?,86+,87+,88?,89+,91?,92-,100?,101+,102+/m0/s1. The molecule has 6 aromatic rings. The average molecular weight is 2130 g/mol. The molecule has 9 bridgehead atoms. The molecule has 7 aliphatic rings. The van der Waals surface area contributed by atoms with E-state index in [1.54, 1.807) is 20.8 Å². The van der Waals surface area contributed by atoms with Crippen LogP contribution in [0, 0.1) is 11.8 Å². The summed E-state index contributed by atoms with van der Waals surface area (Å²) in [6, 6.07) is 5.65. The quantitative estimate of drug-likeness (QED) is 0.0190. The molecule has 29 N–H and O–H groups in total. The number of nitrogens with two attached hydrogens (primary N) is 2. The topological polar surface area (TPSA) is 715 Å². The molecule has 26 atom stereocenters. The number of aliphatic hydroxyl groups excluding tert-OH is 13. The van der Waals surface area contributed by atoms with Gasteiger partial charge in [0.15, 0.2) is 42.6 Å². The first-order chi connectivity index (χ1) is 70.9. The monoisotopic (exact) mass is 2130 g/mol. The molecule has 45 nitrogen and oxygen atoms in total. The predicted molar refractivity (Wildman–Crippen MR) is 531 cm³/mol. The molecule has 7 aliphatic heterocycles. The number of aryl methyl sites for hydroxylation is 1. The number of phenolic OH excluding ortho intramolecular Hbond substituents is 3. The molecule has 0 spiro atoms. The number of likely N-dealkylation sites (N-methyl/N-ethyl adjacent to an activating group) is 1. The van der Waals surface area contributed by atoms with Gasteiger partial charge in [0, 0.05) is 73.3 Å². The Morgan fingerprint density at radius 2 is 1.23 bits per heavy atom. The molecule has 8 unspecified atom stereocenters. The minimum Gasteiger partial charge on any atom is -0.508 e. The fraction of sp³-hybridized carbons (Fsp3) is 0.569. The SMILES string of the molecule is CCCCCCCCCCCCCC[n+]1ccc(CN[C@]2(C)C[C@H](OC3C(O)[C@@H](C)[C@@H](CO)O[C@@H]3Oc3c4cc5cc3Oc3ccc(cc3Cl)[C@@H](O)CC(=O)N[C@H](C(=O)NCCCNC(=O)[C@H](O)[C@@H](O)[C@H](OC3OC(CO)C(O)C(O)C3O)[C@H](O)CO)c3cc(O)cc(O)c3-c3cc(ccc3O)[C@H](C(N)=O)NC(=O)[C@@H]5NC(=O)[C@H](CC(N)=O)NC(=O)[C@H](NC(=O)[C@@H](CC(C)C)NC)[C@H](O)c3ccc(c(Cl)c3)O4)OC(C)[C@@H]2O)cc1. The van der Waals surface area contributed by atoms with Crippen molar-refractivity contribution >= 4 is 76.4 Å². The summed E-state index contributed by atoms with van der Waals surface area (Å²) in [5.41, 5.74) is 8.82. The lowest BCUT2D eigenvalue weighted by Crippen LogP contribution is -2.64. The number of primary amides is 2. The van der Waals surface area contributed by atoms with E-state index >= 15 is 19.2 Å². The number of carbonyl (C=O) groups excluding carboxylic acids is 9. The van der Waals surface area contributed by atoms with Crippen molar-refractivity contribution in [2.75, 3.05) is 40.0 Å². The molecule has 149 heavy (non-hydrogen) atoms. The number of benzene rings is 5. The molecule has 47 heteroatoms. The van der Waals surface area contributed by atoms with E-state index < -0.39 is 330 Å². The number of amides is 9. The van der Waals surface area contributed by atoms with Crippen molar-refractivity contribution in [3.63, 3.8) is 0 Å². The number of hydrogen-bond acceptors (Lipinski definition) is 35. The largest absolute Gasteiger partial charge is 0.508 e. The third-order valence-corrected chi connectivity index (χ3v) is 27.8. The highest BCUT2D eigenvalue weighted by Gasteiger charge is 2.53. The Labute approximate surface area is 870 Å². The van der Waals surface area contributed by atoms with E-state index in [2.05, 4.69) is 59.3 Å². The van der Waals surface area contributed by atoms with E-state index in [1.807, 2.05) is 38.4 Å². The number of halogens is 2. The van der Waals surface area contributed by atoms with Gasteiger partial charge in [-0.15, -0.1) is 0 Å². The molecular formula is C102H141Cl2N12O33+. The van der Waals surface area contributed by atoms with Gasteiger partial charge in [-0.2, -0.15) is 0 Å². The van der Waals surface area contributed by atoms with Crippen LogP contribution in [0.5, 0.6) is 46.0 Å². The van der Waals surface area contributed by atoms with Crippen LogP contribution < -0.4 is 78.1 Å². The van der Waals surface area contributed by atoms with Gasteiger partial charge in [0.1, 0.15) is 120 Å². The molecule has 5 aromatic carbocycles. The first-order valence-corrected chi connectivity index (χ1v) is 50.8. The van der Waals surface area contributed by atoms with Gasteiger partial charge in [0.25, 0.3) is 5.91 Å². The Morgan fingerprint density at radius 3 is 1.84 bits per heavy atom. The maximum absolute atomic E-state index is 16.3. The summed E-state index contributed by atoms with van der Waals surface area (Å²) < 4.78 is 53.3. The summed E-state index contributed by atoms with van der Waals surface area (Å²) in [7, 11) is 1.47. The van der Waals surface area contributed by atoms with E-state index in [0.29, 0.717) is 0 Å². The van der Waals surface area contributed by atoms with Crippen LogP contribution in [0.2, 0.25) is 10.0 Å². The van der Waals surface area contributed by atoms with Gasteiger partial charge in [-0.25, -0.2) is 4.57 Å². The number of unbranched alkanes of at least 4 members (excludes halogenated alkanes) is 11. The van der Waals surface area contributed by atoms with Crippen molar-refractivity contribution < 1.29 is 167 Å². The van der Waals surface area contributed by atoms with E-state index in [9.17, 15) is 106 Å². The van der Waals surface area contributed by atoms with Gasteiger partial charge in [-0.1, -0.05) is 133 Å². The van der Waals surface area contributed by atoms with Gasteiger partial charge in [0.2, 0.25) is 59.3 Å². The first-order valence-electron chi connectivity index (χ1n) is 50.0. The molecule has 3 saturated heterocycles. The van der Waals surface area contributed by atoms with Crippen molar-refractivity contribution in [1.82, 2.24) is 47.9 Å². The number of fused-ring (bicyclic) bond motifs is 16. The molecule has 8 heterocycles. The van der Waals surface area contributed by atoms with Crippen molar-refractivity contribution in [3.05, 3.63) is 147 Å². The van der Waals surface area contributed by atoms with Crippen molar-refractivity contribution in [1.29, 1.82) is 0 Å². The number of rotatable bonds is 42. The van der Waals surface area contributed by atoms with Gasteiger partial charge in [-0.05, 0) is 134 Å².